The molecule has 0 aliphatic carbocycles. The lowest BCUT2D eigenvalue weighted by Gasteiger charge is -2.21. The topological polar surface area (TPSA) is 46.2 Å². The van der Waals surface area contributed by atoms with Crippen LogP contribution in [-0.4, -0.2) is 11.8 Å². The summed E-state index contributed by atoms with van der Waals surface area (Å²) < 4.78 is 13.4. The van der Waals surface area contributed by atoms with E-state index in [1.54, 1.807) is 18.2 Å². The van der Waals surface area contributed by atoms with Crippen LogP contribution >= 0.6 is 0 Å². The van der Waals surface area contributed by atoms with Crippen LogP contribution in [0.1, 0.15) is 24.3 Å². The van der Waals surface area contributed by atoms with Crippen molar-refractivity contribution in [2.75, 3.05) is 0 Å². The molecule has 0 radical (unpaired) electrons. The molecule has 1 aromatic carbocycles. The molecule has 78 valence electrons. The van der Waals surface area contributed by atoms with Crippen molar-refractivity contribution >= 4 is 11.8 Å². The summed E-state index contributed by atoms with van der Waals surface area (Å²) in [5, 5.41) is 2.20. The zero-order valence-electron chi connectivity index (χ0n) is 8.00. The van der Waals surface area contributed by atoms with Crippen LogP contribution in [0.2, 0.25) is 0 Å². The molecule has 0 atom stereocenters. The largest absolute Gasteiger partial charge is 0.296 e. The molecule has 4 heteroatoms. The maximum absolute atomic E-state index is 13.4. The lowest BCUT2D eigenvalue weighted by Crippen LogP contribution is -2.37. The Kier molecular flexibility index (Phi) is 2.49. The number of imide groups is 1. The Hall–Kier alpha value is -1.71. The molecule has 1 saturated heterocycles. The van der Waals surface area contributed by atoms with Crippen LogP contribution in [0.3, 0.4) is 0 Å². The highest BCUT2D eigenvalue weighted by Crippen LogP contribution is 2.27. The van der Waals surface area contributed by atoms with Crippen LogP contribution < -0.4 is 5.32 Å². The number of hydrogen-bond acceptors (Lipinski definition) is 2. The molecular formula is C11H10FNO2. The van der Waals surface area contributed by atoms with Gasteiger partial charge in [0.1, 0.15) is 5.82 Å². The molecule has 1 aliphatic heterocycles. The minimum atomic E-state index is -0.356. The van der Waals surface area contributed by atoms with Gasteiger partial charge in [-0.25, -0.2) is 4.39 Å². The number of hydrogen-bond donors (Lipinski definition) is 1. The maximum atomic E-state index is 13.4. The molecule has 1 aromatic rings. The van der Waals surface area contributed by atoms with Crippen LogP contribution in [0.15, 0.2) is 24.3 Å². The van der Waals surface area contributed by atoms with Crippen molar-refractivity contribution in [2.24, 2.45) is 0 Å². The highest BCUT2D eigenvalue weighted by molar-refractivity contribution is 5.98. The van der Waals surface area contributed by atoms with E-state index in [-0.39, 0.29) is 36.4 Å². The van der Waals surface area contributed by atoms with E-state index >= 15 is 0 Å². The lowest BCUT2D eigenvalue weighted by atomic mass is 9.89. The first-order valence-electron chi connectivity index (χ1n) is 4.74. The zero-order chi connectivity index (χ0) is 10.8. The quantitative estimate of drug-likeness (QED) is 0.706. The molecule has 15 heavy (non-hydrogen) atoms. The van der Waals surface area contributed by atoms with Crippen molar-refractivity contribution < 1.29 is 14.0 Å². The third kappa shape index (κ3) is 2.03. The van der Waals surface area contributed by atoms with Gasteiger partial charge in [0.15, 0.2) is 0 Å². The first kappa shape index (κ1) is 9.83. The molecule has 1 aliphatic rings. The third-order valence-electron chi connectivity index (χ3n) is 2.49. The SMILES string of the molecule is O=C1CC(c2ccccc2F)CC(=O)N1. The molecule has 0 unspecified atom stereocenters. The summed E-state index contributed by atoms with van der Waals surface area (Å²) in [5.41, 5.74) is 0.445. The van der Waals surface area contributed by atoms with Crippen LogP contribution in [-0.2, 0) is 9.59 Å². The van der Waals surface area contributed by atoms with E-state index < -0.39 is 0 Å². The Morgan fingerprint density at radius 2 is 1.73 bits per heavy atom. The van der Waals surface area contributed by atoms with Crippen molar-refractivity contribution in [1.29, 1.82) is 0 Å². The summed E-state index contributed by atoms with van der Waals surface area (Å²) in [7, 11) is 0. The monoisotopic (exact) mass is 207 g/mol. The molecule has 3 nitrogen and oxygen atoms in total. The predicted octanol–water partition coefficient (Wildman–Crippen LogP) is 1.35. The number of amides is 2. The second-order valence-electron chi connectivity index (χ2n) is 3.60. The van der Waals surface area contributed by atoms with Gasteiger partial charge in [0.25, 0.3) is 0 Å². The van der Waals surface area contributed by atoms with E-state index in [4.69, 9.17) is 0 Å². The zero-order valence-corrected chi connectivity index (χ0v) is 8.00. The van der Waals surface area contributed by atoms with Crippen LogP contribution in [0, 0.1) is 5.82 Å². The van der Waals surface area contributed by atoms with E-state index in [0.29, 0.717) is 5.56 Å². The average molecular weight is 207 g/mol. The Balaban J connectivity index is 2.27. The fourth-order valence-electron chi connectivity index (χ4n) is 1.80. The van der Waals surface area contributed by atoms with Crippen molar-refractivity contribution in [1.82, 2.24) is 5.32 Å². The first-order chi connectivity index (χ1) is 7.16. The van der Waals surface area contributed by atoms with E-state index in [1.807, 2.05) is 0 Å². The Morgan fingerprint density at radius 1 is 1.13 bits per heavy atom. The molecule has 2 rings (SSSR count). The van der Waals surface area contributed by atoms with Gasteiger partial charge >= 0.3 is 0 Å². The summed E-state index contributed by atoms with van der Waals surface area (Å²) in [6.07, 6.45) is 0.347. The number of piperidine rings is 1. The molecule has 1 fully saturated rings. The van der Waals surface area contributed by atoms with E-state index in [0.717, 1.165) is 0 Å². The van der Waals surface area contributed by atoms with Crippen molar-refractivity contribution in [3.63, 3.8) is 0 Å². The molecule has 0 aromatic heterocycles. The number of carbonyl (C=O) groups excluding carboxylic acids is 2. The molecule has 1 heterocycles. The molecule has 1 N–H and O–H groups in total. The van der Waals surface area contributed by atoms with Gasteiger partial charge in [0.2, 0.25) is 11.8 Å². The standard InChI is InChI=1S/C11H10FNO2/c12-9-4-2-1-3-8(9)7-5-10(14)13-11(15)6-7/h1-4,7H,5-6H2,(H,13,14,15). The van der Waals surface area contributed by atoms with E-state index in [9.17, 15) is 14.0 Å². The molecule has 0 spiro atoms. The average Bonchev–Trinajstić information content (AvgIpc) is 2.16. The van der Waals surface area contributed by atoms with Crippen LogP contribution in [0.25, 0.3) is 0 Å². The number of carbonyl (C=O) groups is 2. The van der Waals surface area contributed by atoms with Crippen LogP contribution in [0.5, 0.6) is 0 Å². The predicted molar refractivity (Wildman–Crippen MR) is 51.5 cm³/mol. The van der Waals surface area contributed by atoms with Gasteiger partial charge in [-0.2, -0.15) is 0 Å². The van der Waals surface area contributed by atoms with E-state index in [1.165, 1.54) is 6.07 Å². The van der Waals surface area contributed by atoms with Gasteiger partial charge in [-0.15, -0.1) is 0 Å². The van der Waals surface area contributed by atoms with Crippen molar-refractivity contribution in [3.05, 3.63) is 35.6 Å². The lowest BCUT2D eigenvalue weighted by molar-refractivity contribution is -0.133. The van der Waals surface area contributed by atoms with Gasteiger partial charge in [-0.1, -0.05) is 18.2 Å². The van der Waals surface area contributed by atoms with Gasteiger partial charge in [-0.05, 0) is 11.6 Å². The maximum Gasteiger partial charge on any atom is 0.227 e. The smallest absolute Gasteiger partial charge is 0.227 e. The Morgan fingerprint density at radius 3 is 2.33 bits per heavy atom. The number of halogens is 1. The first-order valence-corrected chi connectivity index (χ1v) is 4.74. The summed E-state index contributed by atoms with van der Waals surface area (Å²) in [4.78, 5) is 22.2. The molecule has 2 amide bonds. The summed E-state index contributed by atoms with van der Waals surface area (Å²) in [6, 6.07) is 6.25. The normalized spacial score (nSPS) is 17.7. The Labute approximate surface area is 86.3 Å². The van der Waals surface area contributed by atoms with Crippen LogP contribution in [0.4, 0.5) is 4.39 Å². The highest BCUT2D eigenvalue weighted by Gasteiger charge is 2.27. The Bertz CT molecular complexity index is 401. The van der Waals surface area contributed by atoms with E-state index in [2.05, 4.69) is 5.32 Å². The fourth-order valence-corrected chi connectivity index (χ4v) is 1.80. The fraction of sp³-hybridized carbons (Fsp3) is 0.273. The van der Waals surface area contributed by atoms with Crippen molar-refractivity contribution in [3.8, 4) is 0 Å². The number of benzene rings is 1. The summed E-state index contributed by atoms with van der Waals surface area (Å²) in [5.74, 6) is -1.35. The summed E-state index contributed by atoms with van der Waals surface area (Å²) in [6.45, 7) is 0. The van der Waals surface area contributed by atoms with Crippen molar-refractivity contribution in [2.45, 2.75) is 18.8 Å². The second kappa shape index (κ2) is 3.81. The molecule has 0 bridgehead atoms. The van der Waals surface area contributed by atoms with Gasteiger partial charge in [0.05, 0.1) is 0 Å². The third-order valence-corrected chi connectivity index (χ3v) is 2.49. The molecular weight excluding hydrogens is 197 g/mol. The minimum absolute atomic E-state index is 0.173. The summed E-state index contributed by atoms with van der Waals surface area (Å²) >= 11 is 0. The van der Waals surface area contributed by atoms with Gasteiger partial charge in [0, 0.05) is 18.8 Å². The van der Waals surface area contributed by atoms with Gasteiger partial charge in [-0.3, -0.25) is 14.9 Å². The minimum Gasteiger partial charge on any atom is -0.296 e. The van der Waals surface area contributed by atoms with Gasteiger partial charge < -0.3 is 0 Å². The second-order valence-corrected chi connectivity index (χ2v) is 3.60. The highest BCUT2D eigenvalue weighted by atomic mass is 19.1. The molecule has 0 saturated carbocycles. The number of nitrogens with one attached hydrogen (secondary N) is 1. The number of rotatable bonds is 1.